The largest absolute Gasteiger partial charge is 0.364 e. The van der Waals surface area contributed by atoms with E-state index in [0.29, 0.717) is 28.5 Å². The summed E-state index contributed by atoms with van der Waals surface area (Å²) in [5, 5.41) is 3.75. The van der Waals surface area contributed by atoms with Crippen molar-refractivity contribution in [3.8, 4) is 0 Å². The summed E-state index contributed by atoms with van der Waals surface area (Å²) in [4.78, 5) is 24.7. The molecule has 3 N–H and O–H groups in total. The van der Waals surface area contributed by atoms with Crippen LogP contribution in [-0.4, -0.2) is 19.9 Å². The minimum absolute atomic E-state index is 0.443. The Morgan fingerprint density at radius 1 is 1.32 bits per heavy atom. The number of rotatable bonds is 3. The summed E-state index contributed by atoms with van der Waals surface area (Å²) in [5.74, 6) is 0.455. The molecule has 7 heteroatoms. The highest BCUT2D eigenvalue weighted by atomic mass is 35.5. The molecule has 96 valence electrons. The number of fused-ring (bicyclic) bond motifs is 1. The zero-order chi connectivity index (χ0) is 13.2. The van der Waals surface area contributed by atoms with E-state index in [0.717, 1.165) is 5.56 Å². The van der Waals surface area contributed by atoms with Gasteiger partial charge in [0.15, 0.2) is 11.5 Å². The van der Waals surface area contributed by atoms with Gasteiger partial charge in [-0.15, -0.1) is 0 Å². The highest BCUT2D eigenvalue weighted by Crippen LogP contribution is 2.18. The molecule has 6 nitrogen and oxygen atoms in total. The van der Waals surface area contributed by atoms with Crippen molar-refractivity contribution in [3.05, 3.63) is 51.7 Å². The maximum Gasteiger partial charge on any atom is 0.348 e. The third-order valence-corrected chi connectivity index (χ3v) is 3.09. The summed E-state index contributed by atoms with van der Waals surface area (Å²) in [5.41, 5.74) is 1.62. The van der Waals surface area contributed by atoms with Crippen LogP contribution in [0.5, 0.6) is 0 Å². The van der Waals surface area contributed by atoms with Crippen LogP contribution in [0.4, 0.5) is 5.82 Å². The maximum absolute atomic E-state index is 11.4. The third-order valence-electron chi connectivity index (χ3n) is 2.72. The summed E-state index contributed by atoms with van der Waals surface area (Å²) in [7, 11) is 0. The van der Waals surface area contributed by atoms with Gasteiger partial charge in [0.2, 0.25) is 0 Å². The number of aromatic amines is 2. The second kappa shape index (κ2) is 4.74. The molecule has 0 aliphatic rings. The summed E-state index contributed by atoms with van der Waals surface area (Å²) < 4.78 is 0. The molecule has 3 rings (SSSR count). The van der Waals surface area contributed by atoms with Gasteiger partial charge in [0.25, 0.3) is 0 Å². The Morgan fingerprint density at radius 2 is 2.16 bits per heavy atom. The van der Waals surface area contributed by atoms with Crippen molar-refractivity contribution >= 4 is 28.6 Å². The van der Waals surface area contributed by atoms with Crippen molar-refractivity contribution in [1.29, 1.82) is 0 Å². The van der Waals surface area contributed by atoms with Gasteiger partial charge in [0.05, 0.1) is 6.33 Å². The molecule has 0 amide bonds. The Labute approximate surface area is 112 Å². The van der Waals surface area contributed by atoms with E-state index in [1.54, 1.807) is 0 Å². The van der Waals surface area contributed by atoms with Crippen LogP contribution in [0, 0.1) is 0 Å². The highest BCUT2D eigenvalue weighted by Gasteiger charge is 2.07. The topological polar surface area (TPSA) is 86.5 Å². The molecule has 0 fully saturated rings. The fraction of sp³-hybridized carbons (Fsp3) is 0.0833. The number of aromatic nitrogens is 4. The van der Waals surface area contributed by atoms with Gasteiger partial charge >= 0.3 is 5.69 Å². The fourth-order valence-corrected chi connectivity index (χ4v) is 2.01. The molecule has 2 aromatic heterocycles. The molecular weight excluding hydrogens is 266 g/mol. The molecule has 1 aromatic carbocycles. The van der Waals surface area contributed by atoms with Crippen LogP contribution in [0.15, 0.2) is 35.4 Å². The van der Waals surface area contributed by atoms with E-state index < -0.39 is 5.69 Å². The minimum Gasteiger partial charge on any atom is -0.364 e. The van der Waals surface area contributed by atoms with Gasteiger partial charge in [-0.2, -0.15) is 4.98 Å². The minimum atomic E-state index is -0.443. The predicted molar refractivity (Wildman–Crippen MR) is 73.3 cm³/mol. The first-order chi connectivity index (χ1) is 9.24. The van der Waals surface area contributed by atoms with Gasteiger partial charge in [-0.3, -0.25) is 4.98 Å². The van der Waals surface area contributed by atoms with Crippen LogP contribution in [0.3, 0.4) is 0 Å². The smallest absolute Gasteiger partial charge is 0.348 e. The van der Waals surface area contributed by atoms with Gasteiger partial charge in [0, 0.05) is 11.6 Å². The number of anilines is 1. The monoisotopic (exact) mass is 275 g/mol. The lowest BCUT2D eigenvalue weighted by Crippen LogP contribution is -2.14. The van der Waals surface area contributed by atoms with Gasteiger partial charge < -0.3 is 10.3 Å². The van der Waals surface area contributed by atoms with E-state index in [4.69, 9.17) is 11.6 Å². The normalized spacial score (nSPS) is 10.8. The fourth-order valence-electron chi connectivity index (χ4n) is 1.80. The van der Waals surface area contributed by atoms with Gasteiger partial charge in [-0.25, -0.2) is 9.78 Å². The maximum atomic E-state index is 11.4. The Hall–Kier alpha value is -2.34. The van der Waals surface area contributed by atoms with E-state index in [2.05, 4.69) is 25.3 Å². The Morgan fingerprint density at radius 3 is 3.00 bits per heavy atom. The number of H-pyrrole nitrogens is 2. The molecule has 0 aliphatic heterocycles. The third kappa shape index (κ3) is 2.30. The molecule has 2 heterocycles. The number of imidazole rings is 1. The van der Waals surface area contributed by atoms with Crippen molar-refractivity contribution in [2.75, 3.05) is 5.32 Å². The Balaban J connectivity index is 1.92. The highest BCUT2D eigenvalue weighted by molar-refractivity contribution is 6.31. The van der Waals surface area contributed by atoms with E-state index in [1.807, 2.05) is 24.3 Å². The van der Waals surface area contributed by atoms with E-state index >= 15 is 0 Å². The van der Waals surface area contributed by atoms with E-state index in [1.165, 1.54) is 6.33 Å². The van der Waals surface area contributed by atoms with Crippen molar-refractivity contribution in [2.45, 2.75) is 6.54 Å². The SMILES string of the molecule is O=c1nc(NCc2ccccc2Cl)c2[nH]cnc2[nH]1. The number of hydrogen-bond donors (Lipinski definition) is 3. The number of halogens is 1. The first kappa shape index (κ1) is 11.7. The van der Waals surface area contributed by atoms with Crippen molar-refractivity contribution in [3.63, 3.8) is 0 Å². The standard InChI is InChI=1S/C12H10ClN5O/c13-8-4-2-1-3-7(8)5-14-10-9-11(16-6-15-9)18-12(19)17-10/h1-4,6H,5H2,(H3,14,15,16,17,18,19). The Kier molecular flexibility index (Phi) is 2.92. The average Bonchev–Trinajstić information content (AvgIpc) is 2.85. The summed E-state index contributed by atoms with van der Waals surface area (Å²) in [6.45, 7) is 0.476. The summed E-state index contributed by atoms with van der Waals surface area (Å²) in [6, 6.07) is 7.49. The molecule has 3 aromatic rings. The number of benzene rings is 1. The van der Waals surface area contributed by atoms with Crippen LogP contribution < -0.4 is 11.0 Å². The molecule has 0 aliphatic carbocycles. The van der Waals surface area contributed by atoms with Crippen LogP contribution in [0.1, 0.15) is 5.56 Å². The van der Waals surface area contributed by atoms with Crippen LogP contribution in [-0.2, 0) is 6.54 Å². The second-order valence-electron chi connectivity index (χ2n) is 3.96. The molecule has 0 bridgehead atoms. The zero-order valence-corrected chi connectivity index (χ0v) is 10.5. The molecule has 19 heavy (non-hydrogen) atoms. The van der Waals surface area contributed by atoms with E-state index in [-0.39, 0.29) is 0 Å². The molecule has 0 saturated carbocycles. The number of hydrogen-bond acceptors (Lipinski definition) is 4. The average molecular weight is 276 g/mol. The molecular formula is C12H10ClN5O. The van der Waals surface area contributed by atoms with Gasteiger partial charge in [0.1, 0.15) is 5.52 Å². The lowest BCUT2D eigenvalue weighted by molar-refractivity contribution is 1.06. The zero-order valence-electron chi connectivity index (χ0n) is 9.77. The van der Waals surface area contributed by atoms with Crippen LogP contribution in [0.25, 0.3) is 11.2 Å². The molecule has 0 unspecified atom stereocenters. The number of nitrogens with zero attached hydrogens (tertiary/aromatic N) is 2. The summed E-state index contributed by atoms with van der Waals surface area (Å²) in [6.07, 6.45) is 1.50. The molecule has 0 atom stereocenters. The molecule has 0 saturated heterocycles. The quantitative estimate of drug-likeness (QED) is 0.681. The lowest BCUT2D eigenvalue weighted by atomic mass is 10.2. The molecule has 0 radical (unpaired) electrons. The molecule has 0 spiro atoms. The first-order valence-electron chi connectivity index (χ1n) is 5.65. The lowest BCUT2D eigenvalue weighted by Gasteiger charge is -2.07. The van der Waals surface area contributed by atoms with Crippen LogP contribution in [0.2, 0.25) is 5.02 Å². The van der Waals surface area contributed by atoms with Crippen molar-refractivity contribution in [2.24, 2.45) is 0 Å². The number of nitrogens with one attached hydrogen (secondary N) is 3. The van der Waals surface area contributed by atoms with Gasteiger partial charge in [-0.05, 0) is 11.6 Å². The van der Waals surface area contributed by atoms with Gasteiger partial charge in [-0.1, -0.05) is 29.8 Å². The van der Waals surface area contributed by atoms with Crippen molar-refractivity contribution < 1.29 is 0 Å². The first-order valence-corrected chi connectivity index (χ1v) is 6.02. The predicted octanol–water partition coefficient (Wildman–Crippen LogP) is 1.91. The Bertz CT molecular complexity index is 779. The van der Waals surface area contributed by atoms with E-state index in [9.17, 15) is 4.79 Å². The van der Waals surface area contributed by atoms with Crippen molar-refractivity contribution in [1.82, 2.24) is 19.9 Å². The summed E-state index contributed by atoms with van der Waals surface area (Å²) >= 11 is 6.07. The second-order valence-corrected chi connectivity index (χ2v) is 4.37. The van der Waals surface area contributed by atoms with Crippen LogP contribution >= 0.6 is 11.6 Å².